The van der Waals surface area contributed by atoms with E-state index in [2.05, 4.69) is 4.98 Å². The zero-order chi connectivity index (χ0) is 14.0. The second kappa shape index (κ2) is 5.40. The fraction of sp³-hybridized carbons (Fsp3) is 0.286. The number of phenols is 1. The number of thiazole rings is 1. The number of para-hydroxylation sites is 1. The fourth-order valence-corrected chi connectivity index (χ4v) is 2.62. The molecule has 1 atom stereocenters. The predicted octanol–water partition coefficient (Wildman–Crippen LogP) is 2.99. The highest BCUT2D eigenvalue weighted by atomic mass is 32.1. The second-order valence-corrected chi connectivity index (χ2v) is 5.63. The number of aromatic nitrogens is 1. The van der Waals surface area contributed by atoms with Gasteiger partial charge in [-0.1, -0.05) is 18.2 Å². The summed E-state index contributed by atoms with van der Waals surface area (Å²) in [5.41, 5.74) is 0.736. The van der Waals surface area contributed by atoms with Gasteiger partial charge in [-0.3, -0.25) is 4.79 Å². The van der Waals surface area contributed by atoms with Gasteiger partial charge in [0.15, 0.2) is 0 Å². The van der Waals surface area contributed by atoms with E-state index in [1.807, 2.05) is 26.0 Å². The van der Waals surface area contributed by atoms with Gasteiger partial charge in [0.2, 0.25) is 0 Å². The van der Waals surface area contributed by atoms with E-state index in [0.717, 1.165) is 10.6 Å². The van der Waals surface area contributed by atoms with Crippen molar-refractivity contribution in [3.05, 3.63) is 45.9 Å². The fourth-order valence-electron chi connectivity index (χ4n) is 1.86. The van der Waals surface area contributed by atoms with E-state index < -0.39 is 0 Å². The molecule has 1 aromatic carbocycles. The number of nitrogens with zero attached hydrogens (tertiary/aromatic N) is 2. The Balaban J connectivity index is 2.22. The van der Waals surface area contributed by atoms with Gasteiger partial charge in [0.25, 0.3) is 5.91 Å². The third-order valence-electron chi connectivity index (χ3n) is 3.12. The molecule has 19 heavy (non-hydrogen) atoms. The van der Waals surface area contributed by atoms with Gasteiger partial charge < -0.3 is 10.0 Å². The Bertz CT molecular complexity index is 595. The first-order valence-corrected chi connectivity index (χ1v) is 6.80. The average molecular weight is 276 g/mol. The molecule has 0 saturated carbocycles. The molecular formula is C14H16N2O2S. The summed E-state index contributed by atoms with van der Waals surface area (Å²) >= 11 is 1.38. The normalized spacial score (nSPS) is 12.2. The van der Waals surface area contributed by atoms with Crippen molar-refractivity contribution in [2.75, 3.05) is 7.05 Å². The van der Waals surface area contributed by atoms with Crippen molar-refractivity contribution in [1.82, 2.24) is 9.88 Å². The maximum atomic E-state index is 12.3. The summed E-state index contributed by atoms with van der Waals surface area (Å²) in [4.78, 5) is 18.6. The van der Waals surface area contributed by atoms with E-state index in [-0.39, 0.29) is 17.7 Å². The lowest BCUT2D eigenvalue weighted by Crippen LogP contribution is -2.29. The molecule has 4 nitrogen and oxygen atoms in total. The summed E-state index contributed by atoms with van der Waals surface area (Å²) < 4.78 is 0. The highest BCUT2D eigenvalue weighted by Crippen LogP contribution is 2.28. The van der Waals surface area contributed by atoms with Gasteiger partial charge >= 0.3 is 0 Å². The van der Waals surface area contributed by atoms with Gasteiger partial charge in [-0.05, 0) is 19.9 Å². The number of hydrogen-bond donors (Lipinski definition) is 1. The molecule has 0 aliphatic carbocycles. The SMILES string of the molecule is Cc1ncc(C(=O)N(C)C(C)c2ccccc2O)s1. The Labute approximate surface area is 116 Å². The lowest BCUT2D eigenvalue weighted by Gasteiger charge is -2.25. The van der Waals surface area contributed by atoms with Crippen molar-refractivity contribution in [1.29, 1.82) is 0 Å². The number of aromatic hydroxyl groups is 1. The van der Waals surface area contributed by atoms with Crippen LogP contribution in [-0.2, 0) is 0 Å². The van der Waals surface area contributed by atoms with Gasteiger partial charge in [-0.15, -0.1) is 11.3 Å². The second-order valence-electron chi connectivity index (χ2n) is 4.39. The first kappa shape index (κ1) is 13.5. The minimum atomic E-state index is -0.198. The number of hydrogen-bond acceptors (Lipinski definition) is 4. The smallest absolute Gasteiger partial charge is 0.265 e. The van der Waals surface area contributed by atoms with Crippen molar-refractivity contribution in [3.63, 3.8) is 0 Å². The van der Waals surface area contributed by atoms with Crippen molar-refractivity contribution in [3.8, 4) is 5.75 Å². The molecule has 1 unspecified atom stereocenters. The van der Waals surface area contributed by atoms with Crippen LogP contribution in [0.25, 0.3) is 0 Å². The van der Waals surface area contributed by atoms with E-state index in [1.165, 1.54) is 11.3 Å². The molecule has 1 N–H and O–H groups in total. The average Bonchev–Trinajstić information content (AvgIpc) is 2.83. The molecular weight excluding hydrogens is 260 g/mol. The number of amides is 1. The molecule has 0 bridgehead atoms. The Morgan fingerprint density at radius 2 is 2.11 bits per heavy atom. The van der Waals surface area contributed by atoms with Crippen molar-refractivity contribution < 1.29 is 9.90 Å². The van der Waals surface area contributed by atoms with Crippen LogP contribution in [0.15, 0.2) is 30.5 Å². The largest absolute Gasteiger partial charge is 0.508 e. The van der Waals surface area contributed by atoms with Gasteiger partial charge in [0, 0.05) is 12.6 Å². The van der Waals surface area contributed by atoms with Gasteiger partial charge in [-0.2, -0.15) is 0 Å². The van der Waals surface area contributed by atoms with Crippen LogP contribution in [0, 0.1) is 6.92 Å². The summed E-state index contributed by atoms with van der Waals surface area (Å²) in [5, 5.41) is 10.7. The Kier molecular flexibility index (Phi) is 3.85. The molecule has 0 aliphatic heterocycles. The molecule has 1 heterocycles. The molecule has 0 saturated heterocycles. The quantitative estimate of drug-likeness (QED) is 0.937. The number of phenolic OH excluding ortho intramolecular Hbond substituents is 1. The highest BCUT2D eigenvalue weighted by molar-refractivity contribution is 7.13. The topological polar surface area (TPSA) is 53.4 Å². The highest BCUT2D eigenvalue weighted by Gasteiger charge is 2.22. The molecule has 0 fully saturated rings. The van der Waals surface area contributed by atoms with Crippen molar-refractivity contribution >= 4 is 17.2 Å². The summed E-state index contributed by atoms with van der Waals surface area (Å²) in [6.45, 7) is 3.76. The molecule has 0 radical (unpaired) electrons. The van der Waals surface area contributed by atoms with Crippen LogP contribution in [-0.4, -0.2) is 27.9 Å². The van der Waals surface area contributed by atoms with Crippen LogP contribution in [0.4, 0.5) is 0 Å². The summed E-state index contributed by atoms with van der Waals surface area (Å²) in [7, 11) is 1.73. The van der Waals surface area contributed by atoms with Crippen molar-refractivity contribution in [2.24, 2.45) is 0 Å². The van der Waals surface area contributed by atoms with Gasteiger partial charge in [0.05, 0.1) is 17.2 Å². The van der Waals surface area contributed by atoms with E-state index in [9.17, 15) is 9.90 Å². The van der Waals surface area contributed by atoms with E-state index in [4.69, 9.17) is 0 Å². The molecule has 1 amide bonds. The van der Waals surface area contributed by atoms with Crippen LogP contribution < -0.4 is 0 Å². The number of carbonyl (C=O) groups excluding carboxylic acids is 1. The number of benzene rings is 1. The lowest BCUT2D eigenvalue weighted by atomic mass is 10.1. The molecule has 100 valence electrons. The monoisotopic (exact) mass is 276 g/mol. The van der Waals surface area contributed by atoms with Crippen molar-refractivity contribution in [2.45, 2.75) is 19.9 Å². The van der Waals surface area contributed by atoms with Crippen LogP contribution in [0.5, 0.6) is 5.75 Å². The number of aryl methyl sites for hydroxylation is 1. The molecule has 2 rings (SSSR count). The van der Waals surface area contributed by atoms with Crippen LogP contribution in [0.3, 0.4) is 0 Å². The third kappa shape index (κ3) is 2.76. The maximum Gasteiger partial charge on any atom is 0.265 e. The molecule has 1 aromatic heterocycles. The molecule has 2 aromatic rings. The summed E-state index contributed by atoms with van der Waals surface area (Å²) in [5.74, 6) is 0.122. The molecule has 5 heteroatoms. The Morgan fingerprint density at radius 3 is 2.68 bits per heavy atom. The third-order valence-corrected chi connectivity index (χ3v) is 4.02. The van der Waals surface area contributed by atoms with E-state index in [1.54, 1.807) is 30.3 Å². The summed E-state index contributed by atoms with van der Waals surface area (Å²) in [6.07, 6.45) is 1.59. The minimum Gasteiger partial charge on any atom is -0.508 e. The standard InChI is InChI=1S/C14H16N2O2S/c1-9(11-6-4-5-7-12(11)17)16(3)14(18)13-8-15-10(2)19-13/h4-9,17H,1-3H3. The van der Waals surface area contributed by atoms with Crippen LogP contribution >= 0.6 is 11.3 Å². The van der Waals surface area contributed by atoms with E-state index in [0.29, 0.717) is 4.88 Å². The zero-order valence-electron chi connectivity index (χ0n) is 11.1. The Hall–Kier alpha value is -1.88. The van der Waals surface area contributed by atoms with Crippen LogP contribution in [0.1, 0.15) is 33.2 Å². The predicted molar refractivity (Wildman–Crippen MR) is 75.5 cm³/mol. The van der Waals surface area contributed by atoms with Gasteiger partial charge in [0.1, 0.15) is 10.6 Å². The molecule has 0 spiro atoms. The maximum absolute atomic E-state index is 12.3. The molecule has 0 aliphatic rings. The number of carbonyl (C=O) groups is 1. The van der Waals surface area contributed by atoms with E-state index >= 15 is 0 Å². The zero-order valence-corrected chi connectivity index (χ0v) is 11.9. The summed E-state index contributed by atoms with van der Waals surface area (Å²) in [6, 6.07) is 6.86. The first-order valence-electron chi connectivity index (χ1n) is 5.98. The van der Waals surface area contributed by atoms with Crippen LogP contribution in [0.2, 0.25) is 0 Å². The Morgan fingerprint density at radius 1 is 1.42 bits per heavy atom. The minimum absolute atomic E-state index is 0.0821. The lowest BCUT2D eigenvalue weighted by molar-refractivity contribution is 0.0746. The van der Waals surface area contributed by atoms with Gasteiger partial charge in [-0.25, -0.2) is 4.98 Å². The number of rotatable bonds is 3. The first-order chi connectivity index (χ1) is 9.00.